The number of hydrogen-bond donors (Lipinski definition) is 4. The van der Waals surface area contributed by atoms with Gasteiger partial charge in [0.15, 0.2) is 0 Å². The van der Waals surface area contributed by atoms with Crippen LogP contribution in [-0.4, -0.2) is 24.0 Å². The van der Waals surface area contributed by atoms with Gasteiger partial charge in [-0.05, 0) is 18.9 Å². The molecule has 0 spiro atoms. The number of nitrogens with one attached hydrogen (secondary N) is 1. The van der Waals surface area contributed by atoms with E-state index in [2.05, 4.69) is 10.3 Å². The van der Waals surface area contributed by atoms with Crippen LogP contribution in [0.1, 0.15) is 18.4 Å². The molecule has 0 bridgehead atoms. The van der Waals surface area contributed by atoms with E-state index in [1.807, 2.05) is 6.07 Å². The summed E-state index contributed by atoms with van der Waals surface area (Å²) < 4.78 is 5.36. The van der Waals surface area contributed by atoms with Crippen molar-refractivity contribution in [3.63, 3.8) is 0 Å². The van der Waals surface area contributed by atoms with E-state index >= 15 is 0 Å². The number of carbonyl (C=O) groups excluding carboxylic acids is 1. The molecule has 7 nitrogen and oxygen atoms in total. The molecule has 1 fully saturated rings. The number of carbonyl (C=O) groups is 1. The summed E-state index contributed by atoms with van der Waals surface area (Å²) in [7, 11) is 1.58. The highest BCUT2D eigenvalue weighted by atomic mass is 16.5. The zero-order valence-corrected chi connectivity index (χ0v) is 14.0. The summed E-state index contributed by atoms with van der Waals surface area (Å²) in [5.74, 6) is 0.268. The van der Waals surface area contributed by atoms with Gasteiger partial charge in [-0.1, -0.05) is 18.2 Å². The normalized spacial score (nSPS) is 14.6. The molecule has 1 saturated carbocycles. The Morgan fingerprint density at radius 2 is 2.00 bits per heavy atom. The fourth-order valence-corrected chi connectivity index (χ4v) is 2.56. The number of nitrogens with zero attached hydrogens (tertiary/aromatic N) is 1. The van der Waals surface area contributed by atoms with Gasteiger partial charge >= 0.3 is 0 Å². The van der Waals surface area contributed by atoms with Crippen LogP contribution in [0.3, 0.4) is 0 Å². The molecular formula is C18H21N5O2. The van der Waals surface area contributed by atoms with Gasteiger partial charge in [-0.3, -0.25) is 9.78 Å². The van der Waals surface area contributed by atoms with E-state index in [4.69, 9.17) is 21.9 Å². The van der Waals surface area contributed by atoms with E-state index in [1.165, 1.54) is 0 Å². The van der Waals surface area contributed by atoms with Crippen LogP contribution in [0.15, 0.2) is 42.4 Å². The summed E-state index contributed by atoms with van der Waals surface area (Å²) in [5, 5.41) is 2.82. The predicted octanol–water partition coefficient (Wildman–Crippen LogP) is 1.20. The fourth-order valence-electron chi connectivity index (χ4n) is 2.56. The van der Waals surface area contributed by atoms with Crippen LogP contribution in [0.2, 0.25) is 0 Å². The molecule has 7 N–H and O–H groups in total. The number of hydrogen-bond acceptors (Lipinski definition) is 6. The molecule has 0 saturated heterocycles. The topological polar surface area (TPSA) is 129 Å². The Morgan fingerprint density at radius 3 is 2.68 bits per heavy atom. The van der Waals surface area contributed by atoms with E-state index < -0.39 is 0 Å². The molecule has 0 atom stereocenters. The van der Waals surface area contributed by atoms with Crippen molar-refractivity contribution in [2.24, 2.45) is 11.5 Å². The third-order valence-electron chi connectivity index (χ3n) is 4.13. The zero-order valence-electron chi connectivity index (χ0n) is 14.0. The minimum absolute atomic E-state index is 0.0334. The van der Waals surface area contributed by atoms with E-state index in [0.29, 0.717) is 22.6 Å². The Balaban J connectivity index is 2.02. The number of anilines is 1. The number of para-hydroxylation sites is 1. The van der Waals surface area contributed by atoms with Crippen molar-refractivity contribution in [2.75, 3.05) is 12.8 Å². The highest BCUT2D eigenvalue weighted by Gasteiger charge is 2.25. The van der Waals surface area contributed by atoms with Gasteiger partial charge in [0.1, 0.15) is 11.4 Å². The summed E-state index contributed by atoms with van der Waals surface area (Å²) in [6.45, 7) is 0. The highest BCUT2D eigenvalue weighted by Crippen LogP contribution is 2.36. The maximum Gasteiger partial charge on any atom is 0.269 e. The standard InChI is InChI=1S/C18H21N5O2/c1-25-14-7-8-22-9-13(14)11-3-2-4-12(15(11)19)16(20)17(21)18(24)23-10-5-6-10/h2-4,7-10H,5-6,19-21H2,1H3,(H,23,24)/b17-16+. The molecule has 2 aromatic rings. The van der Waals surface area contributed by atoms with Crippen molar-refractivity contribution in [1.82, 2.24) is 10.3 Å². The molecule has 1 aliphatic carbocycles. The molecule has 1 aromatic carbocycles. The molecule has 1 aromatic heterocycles. The first-order chi connectivity index (χ1) is 12.0. The molecular weight excluding hydrogens is 318 g/mol. The Morgan fingerprint density at radius 1 is 1.24 bits per heavy atom. The lowest BCUT2D eigenvalue weighted by Gasteiger charge is -2.15. The number of pyridine rings is 1. The van der Waals surface area contributed by atoms with Crippen molar-refractivity contribution in [1.29, 1.82) is 0 Å². The molecule has 7 heteroatoms. The first-order valence-electron chi connectivity index (χ1n) is 7.96. The molecule has 1 aliphatic rings. The zero-order chi connectivity index (χ0) is 18.0. The van der Waals surface area contributed by atoms with E-state index in [9.17, 15) is 4.79 Å². The van der Waals surface area contributed by atoms with Gasteiger partial charge in [0.25, 0.3) is 5.91 Å². The molecule has 130 valence electrons. The SMILES string of the molecule is COc1ccncc1-c1cccc(/C(N)=C(\N)C(=O)NC2CC2)c1N. The Kier molecular flexibility index (Phi) is 4.47. The number of nitrogens with two attached hydrogens (primary N) is 3. The molecule has 1 amide bonds. The van der Waals surface area contributed by atoms with E-state index in [1.54, 1.807) is 37.7 Å². The summed E-state index contributed by atoms with van der Waals surface area (Å²) in [6, 6.07) is 7.31. The van der Waals surface area contributed by atoms with Crippen LogP contribution in [0.25, 0.3) is 16.8 Å². The van der Waals surface area contributed by atoms with Gasteiger partial charge in [0.05, 0.1) is 12.8 Å². The number of aromatic nitrogens is 1. The van der Waals surface area contributed by atoms with Crippen molar-refractivity contribution in [3.8, 4) is 16.9 Å². The van der Waals surface area contributed by atoms with Gasteiger partial charge in [-0.2, -0.15) is 0 Å². The number of methoxy groups -OCH3 is 1. The lowest BCUT2D eigenvalue weighted by molar-refractivity contribution is -0.117. The molecule has 0 aliphatic heterocycles. The van der Waals surface area contributed by atoms with Gasteiger partial charge in [0, 0.05) is 40.8 Å². The van der Waals surface area contributed by atoms with Crippen molar-refractivity contribution < 1.29 is 9.53 Å². The minimum atomic E-state index is -0.372. The summed E-state index contributed by atoms with van der Waals surface area (Å²) >= 11 is 0. The van der Waals surface area contributed by atoms with Gasteiger partial charge < -0.3 is 27.3 Å². The van der Waals surface area contributed by atoms with Crippen LogP contribution in [0, 0.1) is 0 Å². The third-order valence-corrected chi connectivity index (χ3v) is 4.13. The maximum atomic E-state index is 12.1. The first kappa shape index (κ1) is 16.6. The van der Waals surface area contributed by atoms with Gasteiger partial charge in [-0.15, -0.1) is 0 Å². The smallest absolute Gasteiger partial charge is 0.269 e. The minimum Gasteiger partial charge on any atom is -0.496 e. The van der Waals surface area contributed by atoms with Crippen LogP contribution in [-0.2, 0) is 4.79 Å². The number of nitrogen functional groups attached to an aromatic ring is 1. The Hall–Kier alpha value is -3.22. The molecule has 1 heterocycles. The average molecular weight is 339 g/mol. The summed E-state index contributed by atoms with van der Waals surface area (Å²) in [4.78, 5) is 16.3. The van der Waals surface area contributed by atoms with Gasteiger partial charge in [-0.25, -0.2) is 0 Å². The number of amides is 1. The lowest BCUT2D eigenvalue weighted by atomic mass is 9.98. The summed E-state index contributed by atoms with van der Waals surface area (Å²) in [5.41, 5.74) is 20.8. The monoisotopic (exact) mass is 339 g/mol. The average Bonchev–Trinajstić information content (AvgIpc) is 3.44. The highest BCUT2D eigenvalue weighted by molar-refractivity contribution is 6.02. The van der Waals surface area contributed by atoms with Crippen LogP contribution in [0.4, 0.5) is 5.69 Å². The van der Waals surface area contributed by atoms with Crippen LogP contribution >= 0.6 is 0 Å². The van der Waals surface area contributed by atoms with Crippen LogP contribution < -0.4 is 27.3 Å². The largest absolute Gasteiger partial charge is 0.496 e. The fraction of sp³-hybridized carbons (Fsp3) is 0.222. The second-order valence-electron chi connectivity index (χ2n) is 5.92. The first-order valence-corrected chi connectivity index (χ1v) is 7.96. The second-order valence-corrected chi connectivity index (χ2v) is 5.92. The number of benzene rings is 1. The third kappa shape index (κ3) is 3.35. The van der Waals surface area contributed by atoms with Crippen molar-refractivity contribution in [2.45, 2.75) is 18.9 Å². The predicted molar refractivity (Wildman–Crippen MR) is 97.1 cm³/mol. The van der Waals surface area contributed by atoms with Crippen LogP contribution in [0.5, 0.6) is 5.75 Å². The van der Waals surface area contributed by atoms with Crippen molar-refractivity contribution >= 4 is 17.3 Å². The summed E-state index contributed by atoms with van der Waals surface area (Å²) in [6.07, 6.45) is 5.24. The maximum absolute atomic E-state index is 12.1. The van der Waals surface area contributed by atoms with Crippen molar-refractivity contribution in [3.05, 3.63) is 47.9 Å². The molecule has 0 radical (unpaired) electrons. The molecule has 0 unspecified atom stereocenters. The van der Waals surface area contributed by atoms with E-state index in [0.717, 1.165) is 18.4 Å². The van der Waals surface area contributed by atoms with Gasteiger partial charge in [0.2, 0.25) is 0 Å². The number of ether oxygens (including phenoxy) is 1. The molecule has 3 rings (SSSR count). The Labute approximate surface area is 145 Å². The number of rotatable bonds is 5. The van der Waals surface area contributed by atoms with E-state index in [-0.39, 0.29) is 23.3 Å². The Bertz CT molecular complexity index is 843. The quantitative estimate of drug-likeness (QED) is 0.478. The second kappa shape index (κ2) is 6.72. The molecule has 25 heavy (non-hydrogen) atoms. The lowest BCUT2D eigenvalue weighted by Crippen LogP contribution is -2.32.